The molecule has 0 bridgehead atoms. The van der Waals surface area contributed by atoms with Crippen LogP contribution in [0.2, 0.25) is 0 Å². The molecule has 0 aliphatic carbocycles. The Morgan fingerprint density at radius 3 is 1.57 bits per heavy atom. The lowest BCUT2D eigenvalue weighted by atomic mass is 10.1. The zero-order valence-corrected chi connectivity index (χ0v) is 15.5. The van der Waals surface area contributed by atoms with Crippen LogP contribution < -0.4 is 0 Å². The van der Waals surface area contributed by atoms with Gasteiger partial charge in [0, 0.05) is 27.1 Å². The molecule has 0 N–H and O–H groups in total. The second kappa shape index (κ2) is 14.3. The van der Waals surface area contributed by atoms with E-state index in [1.165, 1.54) is 6.92 Å². The Labute approximate surface area is 139 Å². The van der Waals surface area contributed by atoms with Gasteiger partial charge in [-0.1, -0.05) is 6.92 Å². The first kappa shape index (κ1) is 24.0. The van der Waals surface area contributed by atoms with E-state index in [1.807, 2.05) is 13.8 Å². The molecule has 0 radical (unpaired) electrons. The summed E-state index contributed by atoms with van der Waals surface area (Å²) in [6, 6.07) is 0. The molecule has 3 atom stereocenters. The predicted molar refractivity (Wildman–Crippen MR) is 88.3 cm³/mol. The molecule has 0 saturated carbocycles. The summed E-state index contributed by atoms with van der Waals surface area (Å²) in [5, 5.41) is 0. The number of ether oxygens (including phenoxy) is 3. The van der Waals surface area contributed by atoms with E-state index in [2.05, 4.69) is 0 Å². The summed E-state index contributed by atoms with van der Waals surface area (Å²) in [4.78, 5) is 32.5. The van der Waals surface area contributed by atoms with Gasteiger partial charge in [0.15, 0.2) is 0 Å². The van der Waals surface area contributed by atoms with E-state index in [9.17, 15) is 14.4 Å². The Morgan fingerprint density at radius 1 is 0.826 bits per heavy atom. The number of rotatable bonds is 10. The second-order valence-electron chi connectivity index (χ2n) is 5.63. The van der Waals surface area contributed by atoms with Gasteiger partial charge in [-0.05, 0) is 34.1 Å². The lowest BCUT2D eigenvalue weighted by Gasteiger charge is -2.16. The van der Waals surface area contributed by atoms with Crippen LogP contribution in [0.15, 0.2) is 0 Å². The number of carbonyl (C=O) groups excluding carboxylic acids is 3. The van der Waals surface area contributed by atoms with E-state index in [0.29, 0.717) is 19.3 Å². The zero-order valence-electron chi connectivity index (χ0n) is 15.5. The van der Waals surface area contributed by atoms with Crippen LogP contribution in [0.3, 0.4) is 0 Å². The molecule has 136 valence electrons. The van der Waals surface area contributed by atoms with Gasteiger partial charge in [0.25, 0.3) is 0 Å². The summed E-state index contributed by atoms with van der Waals surface area (Å²) in [5.74, 6) is -0.0914. The second-order valence-corrected chi connectivity index (χ2v) is 5.63. The van der Waals surface area contributed by atoms with Crippen molar-refractivity contribution >= 4 is 17.5 Å². The Hall–Kier alpha value is -1.27. The zero-order chi connectivity index (χ0) is 18.4. The standard InChI is InChI=1S/C11H20O4.C6H12O2/c1-5-10(6-8(2)12)15-11(13)7-9(3)14-4;1-5(7)4-6(2)8-3/h9-10H,5-7H2,1-4H3;6H,4H2,1-3H3. The van der Waals surface area contributed by atoms with Gasteiger partial charge >= 0.3 is 5.97 Å². The summed E-state index contributed by atoms with van der Waals surface area (Å²) in [6.07, 6.45) is 1.34. The van der Waals surface area contributed by atoms with Crippen molar-refractivity contribution in [2.45, 2.75) is 78.6 Å². The molecule has 0 aromatic carbocycles. The molecule has 6 heteroatoms. The predicted octanol–water partition coefficient (Wildman–Crippen LogP) is 2.71. The van der Waals surface area contributed by atoms with Crippen LogP contribution in [-0.4, -0.2) is 50.1 Å². The van der Waals surface area contributed by atoms with E-state index in [4.69, 9.17) is 14.2 Å². The first-order valence-corrected chi connectivity index (χ1v) is 7.90. The van der Waals surface area contributed by atoms with Crippen molar-refractivity contribution < 1.29 is 28.6 Å². The maximum atomic E-state index is 11.3. The third-order valence-electron chi connectivity index (χ3n) is 3.10. The van der Waals surface area contributed by atoms with E-state index < -0.39 is 0 Å². The van der Waals surface area contributed by atoms with Gasteiger partial charge in [-0.3, -0.25) is 14.4 Å². The largest absolute Gasteiger partial charge is 0.462 e. The molecule has 0 rings (SSSR count). The monoisotopic (exact) mass is 332 g/mol. The Morgan fingerprint density at radius 2 is 1.26 bits per heavy atom. The van der Waals surface area contributed by atoms with Crippen LogP contribution >= 0.6 is 0 Å². The highest BCUT2D eigenvalue weighted by molar-refractivity contribution is 5.77. The maximum absolute atomic E-state index is 11.3. The molecule has 0 saturated heterocycles. The molecule has 0 aromatic heterocycles. The highest BCUT2D eigenvalue weighted by atomic mass is 16.5. The number of ketones is 2. The fraction of sp³-hybridized carbons (Fsp3) is 0.824. The number of Topliss-reactive ketones (excluding diaryl/α,β-unsaturated/α-hetero) is 2. The van der Waals surface area contributed by atoms with Gasteiger partial charge < -0.3 is 14.2 Å². The van der Waals surface area contributed by atoms with Gasteiger partial charge in [-0.2, -0.15) is 0 Å². The minimum absolute atomic E-state index is 0.0365. The van der Waals surface area contributed by atoms with Gasteiger partial charge in [-0.25, -0.2) is 0 Å². The lowest BCUT2D eigenvalue weighted by Crippen LogP contribution is -2.23. The smallest absolute Gasteiger partial charge is 0.308 e. The average Bonchev–Trinajstić information content (AvgIpc) is 2.45. The highest BCUT2D eigenvalue weighted by Gasteiger charge is 2.16. The van der Waals surface area contributed by atoms with Crippen LogP contribution in [-0.2, 0) is 28.6 Å². The van der Waals surface area contributed by atoms with Gasteiger partial charge in [-0.15, -0.1) is 0 Å². The number of hydrogen-bond acceptors (Lipinski definition) is 6. The number of esters is 1. The molecule has 6 nitrogen and oxygen atoms in total. The molecule has 23 heavy (non-hydrogen) atoms. The van der Waals surface area contributed by atoms with Crippen molar-refractivity contribution in [3.05, 3.63) is 0 Å². The number of hydrogen-bond donors (Lipinski definition) is 0. The van der Waals surface area contributed by atoms with Crippen LogP contribution in [0, 0.1) is 0 Å². The van der Waals surface area contributed by atoms with E-state index in [1.54, 1.807) is 28.1 Å². The van der Waals surface area contributed by atoms with Crippen molar-refractivity contribution in [1.29, 1.82) is 0 Å². The minimum Gasteiger partial charge on any atom is -0.462 e. The first-order chi connectivity index (χ1) is 10.7. The van der Waals surface area contributed by atoms with Crippen molar-refractivity contribution in [2.75, 3.05) is 14.2 Å². The molecular formula is C17H32O6. The Balaban J connectivity index is 0. The summed E-state index contributed by atoms with van der Waals surface area (Å²) < 4.78 is 14.9. The van der Waals surface area contributed by atoms with Crippen LogP contribution in [0.25, 0.3) is 0 Å². The molecule has 0 fully saturated rings. The Bertz CT molecular complexity index is 353. The Kier molecular flexibility index (Phi) is 14.9. The van der Waals surface area contributed by atoms with Crippen molar-refractivity contribution in [3.8, 4) is 0 Å². The topological polar surface area (TPSA) is 78.9 Å². The van der Waals surface area contributed by atoms with Crippen LogP contribution in [0.1, 0.15) is 60.3 Å². The number of methoxy groups -OCH3 is 2. The summed E-state index contributed by atoms with van der Waals surface area (Å²) in [5.41, 5.74) is 0. The van der Waals surface area contributed by atoms with Crippen molar-refractivity contribution in [3.63, 3.8) is 0 Å². The third kappa shape index (κ3) is 16.9. The molecule has 0 spiro atoms. The minimum atomic E-state index is -0.308. The van der Waals surface area contributed by atoms with E-state index >= 15 is 0 Å². The fourth-order valence-electron chi connectivity index (χ4n) is 1.63. The molecule has 0 amide bonds. The molecule has 3 unspecified atom stereocenters. The molecule has 0 heterocycles. The normalized spacial score (nSPS) is 14.0. The molecular weight excluding hydrogens is 300 g/mol. The fourth-order valence-corrected chi connectivity index (χ4v) is 1.63. The summed E-state index contributed by atoms with van der Waals surface area (Å²) in [6.45, 7) is 8.62. The van der Waals surface area contributed by atoms with Gasteiger partial charge in [0.05, 0.1) is 18.6 Å². The average molecular weight is 332 g/mol. The molecule has 0 aromatic rings. The van der Waals surface area contributed by atoms with Crippen LogP contribution in [0.4, 0.5) is 0 Å². The summed E-state index contributed by atoms with van der Waals surface area (Å²) in [7, 11) is 3.15. The van der Waals surface area contributed by atoms with Crippen LogP contribution in [0.5, 0.6) is 0 Å². The first-order valence-electron chi connectivity index (χ1n) is 7.90. The quantitative estimate of drug-likeness (QED) is 0.572. The lowest BCUT2D eigenvalue weighted by molar-refractivity contribution is -0.152. The summed E-state index contributed by atoms with van der Waals surface area (Å²) >= 11 is 0. The SMILES string of the molecule is CCC(CC(C)=O)OC(=O)CC(C)OC.COC(C)CC(C)=O. The number of carbonyl (C=O) groups is 3. The third-order valence-corrected chi connectivity index (χ3v) is 3.10. The van der Waals surface area contributed by atoms with Gasteiger partial charge in [0.2, 0.25) is 0 Å². The maximum Gasteiger partial charge on any atom is 0.308 e. The van der Waals surface area contributed by atoms with E-state index in [-0.39, 0.29) is 42.3 Å². The van der Waals surface area contributed by atoms with Gasteiger partial charge in [0.1, 0.15) is 17.7 Å². The van der Waals surface area contributed by atoms with E-state index in [0.717, 1.165) is 0 Å². The highest BCUT2D eigenvalue weighted by Crippen LogP contribution is 2.07. The molecule has 0 aliphatic heterocycles. The molecule has 0 aliphatic rings. The van der Waals surface area contributed by atoms with Crippen molar-refractivity contribution in [2.24, 2.45) is 0 Å². The van der Waals surface area contributed by atoms with Crippen molar-refractivity contribution in [1.82, 2.24) is 0 Å².